The number of oxime groups is 1. The number of hydrogen-bond acceptors (Lipinski definition) is 2. The minimum Gasteiger partial charge on any atom is -0.391 e. The average molecular weight is 336 g/mol. The zero-order chi connectivity index (χ0) is 16.3. The molecule has 0 spiro atoms. The third kappa shape index (κ3) is 3.36. The predicted octanol–water partition coefficient (Wildman–Crippen LogP) is 4.59. The van der Waals surface area contributed by atoms with Crippen LogP contribution in [0, 0.1) is 29.1 Å². The highest BCUT2D eigenvalue weighted by Gasteiger charge is 2.25. The summed E-state index contributed by atoms with van der Waals surface area (Å²) in [5.41, 5.74) is -0.565. The summed E-state index contributed by atoms with van der Waals surface area (Å²) in [5, 5.41) is 3.82. The van der Waals surface area contributed by atoms with Gasteiger partial charge in [-0.15, -0.1) is 0 Å². The van der Waals surface area contributed by atoms with Crippen LogP contribution in [0.3, 0.4) is 0 Å². The SMILES string of the molecule is Fc1c(F)c(F)c(CON=Cc2cccc(Cl)c2)c(F)c1F. The van der Waals surface area contributed by atoms with E-state index in [9.17, 15) is 22.0 Å². The summed E-state index contributed by atoms with van der Waals surface area (Å²) < 4.78 is 65.4. The van der Waals surface area contributed by atoms with Crippen LogP contribution < -0.4 is 0 Å². The van der Waals surface area contributed by atoms with Crippen LogP contribution in [0.2, 0.25) is 5.02 Å². The number of nitrogens with zero attached hydrogens (tertiary/aromatic N) is 1. The normalized spacial score (nSPS) is 11.2. The molecule has 2 aromatic carbocycles. The summed E-state index contributed by atoms with van der Waals surface area (Å²) in [6, 6.07) is 6.41. The Hall–Kier alpha value is -2.15. The van der Waals surface area contributed by atoms with Crippen LogP contribution in [-0.4, -0.2) is 6.21 Å². The summed E-state index contributed by atoms with van der Waals surface area (Å²) >= 11 is 5.72. The van der Waals surface area contributed by atoms with Crippen LogP contribution in [-0.2, 0) is 11.4 Å². The van der Waals surface area contributed by atoms with E-state index in [0.29, 0.717) is 10.6 Å². The Kier molecular flexibility index (Phi) is 4.97. The molecule has 116 valence electrons. The van der Waals surface area contributed by atoms with Crippen molar-refractivity contribution in [3.8, 4) is 0 Å². The van der Waals surface area contributed by atoms with Crippen molar-refractivity contribution in [2.45, 2.75) is 6.61 Å². The molecule has 2 aromatic rings. The standard InChI is InChI=1S/C14H7ClF5NO/c15-8-3-1-2-7(4-8)5-21-22-6-9-10(16)12(18)14(20)13(19)11(9)17/h1-5H,6H2. The van der Waals surface area contributed by atoms with Crippen molar-refractivity contribution in [3.63, 3.8) is 0 Å². The molecule has 0 aliphatic rings. The molecular formula is C14H7ClF5NO. The first-order valence-electron chi connectivity index (χ1n) is 5.83. The maximum absolute atomic E-state index is 13.3. The molecular weight excluding hydrogens is 329 g/mol. The van der Waals surface area contributed by atoms with Crippen LogP contribution in [0.4, 0.5) is 22.0 Å². The fourth-order valence-electron chi connectivity index (χ4n) is 1.56. The lowest BCUT2D eigenvalue weighted by Gasteiger charge is -2.06. The lowest BCUT2D eigenvalue weighted by molar-refractivity contribution is 0.124. The zero-order valence-corrected chi connectivity index (χ0v) is 11.5. The van der Waals surface area contributed by atoms with E-state index in [4.69, 9.17) is 11.6 Å². The molecule has 0 aliphatic heterocycles. The van der Waals surface area contributed by atoms with Gasteiger partial charge in [-0.1, -0.05) is 28.9 Å². The first-order valence-corrected chi connectivity index (χ1v) is 6.20. The molecule has 0 saturated heterocycles. The maximum atomic E-state index is 13.3. The second kappa shape index (κ2) is 6.74. The second-order valence-electron chi connectivity index (χ2n) is 4.11. The lowest BCUT2D eigenvalue weighted by Crippen LogP contribution is -2.07. The number of rotatable bonds is 4. The predicted molar refractivity (Wildman–Crippen MR) is 70.1 cm³/mol. The highest BCUT2D eigenvalue weighted by molar-refractivity contribution is 6.30. The van der Waals surface area contributed by atoms with Gasteiger partial charge in [0.05, 0.1) is 11.8 Å². The minimum atomic E-state index is -2.22. The van der Waals surface area contributed by atoms with Crippen molar-refractivity contribution < 1.29 is 26.8 Å². The summed E-state index contributed by atoms with van der Waals surface area (Å²) in [6.45, 7) is -0.914. The molecule has 22 heavy (non-hydrogen) atoms. The Balaban J connectivity index is 2.13. The molecule has 0 aliphatic carbocycles. The van der Waals surface area contributed by atoms with E-state index in [2.05, 4.69) is 9.99 Å². The van der Waals surface area contributed by atoms with Gasteiger partial charge in [0.2, 0.25) is 5.82 Å². The van der Waals surface area contributed by atoms with Crippen LogP contribution in [0.15, 0.2) is 29.4 Å². The lowest BCUT2D eigenvalue weighted by atomic mass is 10.2. The van der Waals surface area contributed by atoms with Gasteiger partial charge in [-0.3, -0.25) is 0 Å². The quantitative estimate of drug-likeness (QED) is 0.263. The Bertz CT molecular complexity index is 706. The van der Waals surface area contributed by atoms with E-state index >= 15 is 0 Å². The maximum Gasteiger partial charge on any atom is 0.200 e. The highest BCUT2D eigenvalue weighted by Crippen LogP contribution is 2.23. The fraction of sp³-hybridized carbons (Fsp3) is 0.0714. The first-order chi connectivity index (χ1) is 10.4. The van der Waals surface area contributed by atoms with Crippen molar-refractivity contribution in [2.75, 3.05) is 0 Å². The topological polar surface area (TPSA) is 21.6 Å². The average Bonchev–Trinajstić information content (AvgIpc) is 2.50. The van der Waals surface area contributed by atoms with Crippen LogP contribution in [0.5, 0.6) is 0 Å². The summed E-state index contributed by atoms with van der Waals surface area (Å²) in [4.78, 5) is 4.57. The molecule has 0 heterocycles. The molecule has 0 N–H and O–H groups in total. The van der Waals surface area contributed by atoms with E-state index in [1.54, 1.807) is 18.2 Å². The van der Waals surface area contributed by atoms with Crippen molar-refractivity contribution in [2.24, 2.45) is 5.16 Å². The summed E-state index contributed by atoms with van der Waals surface area (Å²) in [5.74, 6) is -10.2. The third-order valence-electron chi connectivity index (χ3n) is 2.63. The number of halogens is 6. The van der Waals surface area contributed by atoms with Crippen LogP contribution in [0.1, 0.15) is 11.1 Å². The summed E-state index contributed by atoms with van der Waals surface area (Å²) in [6.07, 6.45) is 1.18. The molecule has 0 aromatic heterocycles. The van der Waals surface area contributed by atoms with Gasteiger partial charge in [-0.2, -0.15) is 0 Å². The Morgan fingerprint density at radius 2 is 1.55 bits per heavy atom. The summed E-state index contributed by atoms with van der Waals surface area (Å²) in [7, 11) is 0. The van der Waals surface area contributed by atoms with E-state index in [-0.39, 0.29) is 0 Å². The molecule has 0 amide bonds. The molecule has 0 radical (unpaired) electrons. The van der Waals surface area contributed by atoms with E-state index < -0.39 is 41.3 Å². The molecule has 0 atom stereocenters. The van der Waals surface area contributed by atoms with Gasteiger partial charge in [0.25, 0.3) is 0 Å². The van der Waals surface area contributed by atoms with Gasteiger partial charge in [-0.05, 0) is 17.7 Å². The van der Waals surface area contributed by atoms with Crippen molar-refractivity contribution in [1.82, 2.24) is 0 Å². The smallest absolute Gasteiger partial charge is 0.200 e. The molecule has 0 bridgehead atoms. The molecule has 0 saturated carbocycles. The highest BCUT2D eigenvalue weighted by atomic mass is 35.5. The second-order valence-corrected chi connectivity index (χ2v) is 4.55. The van der Waals surface area contributed by atoms with Crippen molar-refractivity contribution in [1.29, 1.82) is 0 Å². The van der Waals surface area contributed by atoms with Gasteiger partial charge in [-0.25, -0.2) is 22.0 Å². The molecule has 0 unspecified atom stereocenters. The Labute approximate surface area is 126 Å². The molecule has 2 nitrogen and oxygen atoms in total. The number of hydrogen-bond donors (Lipinski definition) is 0. The van der Waals surface area contributed by atoms with Gasteiger partial charge in [0.1, 0.15) is 6.61 Å². The third-order valence-corrected chi connectivity index (χ3v) is 2.87. The van der Waals surface area contributed by atoms with Crippen LogP contribution in [0.25, 0.3) is 0 Å². The van der Waals surface area contributed by atoms with Gasteiger partial charge < -0.3 is 4.84 Å². The van der Waals surface area contributed by atoms with Crippen molar-refractivity contribution in [3.05, 3.63) is 69.5 Å². The first kappa shape index (κ1) is 16.2. The monoisotopic (exact) mass is 335 g/mol. The Morgan fingerprint density at radius 3 is 2.14 bits per heavy atom. The molecule has 8 heteroatoms. The van der Waals surface area contributed by atoms with E-state index in [1.807, 2.05) is 0 Å². The molecule has 0 fully saturated rings. The van der Waals surface area contributed by atoms with Crippen LogP contribution >= 0.6 is 11.6 Å². The van der Waals surface area contributed by atoms with Gasteiger partial charge in [0.15, 0.2) is 23.3 Å². The molecule has 2 rings (SSSR count). The van der Waals surface area contributed by atoms with E-state index in [1.165, 1.54) is 12.3 Å². The zero-order valence-electron chi connectivity index (χ0n) is 10.7. The Morgan fingerprint density at radius 1 is 0.955 bits per heavy atom. The largest absolute Gasteiger partial charge is 0.391 e. The minimum absolute atomic E-state index is 0.434. The van der Waals surface area contributed by atoms with E-state index in [0.717, 1.165) is 0 Å². The number of benzene rings is 2. The fourth-order valence-corrected chi connectivity index (χ4v) is 1.76. The van der Waals surface area contributed by atoms with Gasteiger partial charge >= 0.3 is 0 Å². The van der Waals surface area contributed by atoms with Crippen molar-refractivity contribution >= 4 is 17.8 Å². The van der Waals surface area contributed by atoms with Gasteiger partial charge in [0, 0.05) is 5.02 Å².